The fourth-order valence-corrected chi connectivity index (χ4v) is 16.5. The number of rotatable bonds is 2. The van der Waals surface area contributed by atoms with E-state index in [0.717, 1.165) is 33.4 Å². The van der Waals surface area contributed by atoms with Crippen LogP contribution < -0.4 is 9.80 Å². The number of nitrogens with zero attached hydrogens (tertiary/aromatic N) is 2. The maximum absolute atomic E-state index is 13.9. The van der Waals surface area contributed by atoms with Crippen molar-refractivity contribution in [3.63, 3.8) is 0 Å². The first-order valence-electron chi connectivity index (χ1n) is 21.6. The molecule has 4 aromatic carbocycles. The molecule has 4 aromatic rings. The molecule has 0 amide bonds. The average molecular weight is 779 g/mol. The van der Waals surface area contributed by atoms with Gasteiger partial charge in [-0.1, -0.05) is 102 Å². The van der Waals surface area contributed by atoms with Crippen LogP contribution in [-0.2, 0) is 10.8 Å². The van der Waals surface area contributed by atoms with Gasteiger partial charge in [-0.3, -0.25) is 9.59 Å². The Morgan fingerprint density at radius 3 is 1.30 bits per heavy atom. The molecule has 0 radical (unpaired) electrons. The lowest BCUT2D eigenvalue weighted by Gasteiger charge is -2.61. The summed E-state index contributed by atoms with van der Waals surface area (Å²) in [5.41, 5.74) is 10.3. The Morgan fingerprint density at radius 1 is 0.464 bits per heavy atom. The lowest BCUT2D eigenvalue weighted by molar-refractivity contribution is 0.102. The maximum atomic E-state index is 13.9. The van der Waals surface area contributed by atoms with Crippen LogP contribution in [0.3, 0.4) is 0 Å². The smallest absolute Gasteiger partial charge is 0.193 e. The highest BCUT2D eigenvalue weighted by Gasteiger charge is 2.54. The largest absolute Gasteiger partial charge is 0.363 e. The van der Waals surface area contributed by atoms with Crippen molar-refractivity contribution in [1.82, 2.24) is 0 Å². The highest BCUT2D eigenvalue weighted by atomic mass is 32.2. The first-order valence-corrected chi connectivity index (χ1v) is 23.4. The molecule has 0 aromatic heterocycles. The van der Waals surface area contributed by atoms with Crippen molar-refractivity contribution in [1.29, 1.82) is 0 Å². The number of ketones is 2. The van der Waals surface area contributed by atoms with E-state index in [9.17, 15) is 9.59 Å². The van der Waals surface area contributed by atoms with Crippen LogP contribution in [0.4, 0.5) is 11.4 Å². The molecule has 0 spiro atoms. The number of anilines is 2. The Balaban J connectivity index is 0.979. The lowest BCUT2D eigenvalue weighted by atomic mass is 9.68. The van der Waals surface area contributed by atoms with Gasteiger partial charge in [0.2, 0.25) is 0 Å². The van der Waals surface area contributed by atoms with Crippen molar-refractivity contribution in [2.45, 2.75) is 148 Å². The molecule has 56 heavy (non-hydrogen) atoms. The summed E-state index contributed by atoms with van der Waals surface area (Å²) in [6, 6.07) is 32.4. The topological polar surface area (TPSA) is 40.6 Å². The third kappa shape index (κ3) is 5.19. The fourth-order valence-electron chi connectivity index (χ4n) is 12.6. The minimum Gasteiger partial charge on any atom is -0.363 e. The summed E-state index contributed by atoms with van der Waals surface area (Å²) in [7, 11) is 0. The zero-order valence-corrected chi connectivity index (χ0v) is 34.9. The highest BCUT2D eigenvalue weighted by molar-refractivity contribution is 8.01. The zero-order chi connectivity index (χ0) is 38.1. The maximum Gasteiger partial charge on any atom is 0.193 e. The molecule has 6 heteroatoms. The molecule has 5 fully saturated rings. The molecule has 7 aliphatic rings. The first kappa shape index (κ1) is 35.7. The summed E-state index contributed by atoms with van der Waals surface area (Å²) < 4.78 is 0. The van der Waals surface area contributed by atoms with Gasteiger partial charge in [-0.25, -0.2) is 0 Å². The Hall–Kier alpha value is -3.48. The van der Waals surface area contributed by atoms with Crippen LogP contribution in [0.2, 0.25) is 0 Å². The number of benzene rings is 4. The summed E-state index contributed by atoms with van der Waals surface area (Å²) in [5, 5.41) is 2.37. The second-order valence-electron chi connectivity index (χ2n) is 19.0. The number of carbonyl (C=O) groups excluding carboxylic acids is 2. The monoisotopic (exact) mass is 778 g/mol. The SMILES string of the molecule is CC1(C)c2ccccc2C(=O)c2ccc(N3C4CCCCC4SC4CC5C(CC43)SC3CCCCC3N5c3ccc4c(c3)C(C)(C)c3ccccc3C4=O)cc21. The summed E-state index contributed by atoms with van der Waals surface area (Å²) >= 11 is 4.68. The number of thioether (sulfide) groups is 2. The van der Waals surface area contributed by atoms with Crippen LogP contribution in [0, 0.1) is 0 Å². The van der Waals surface area contributed by atoms with Crippen molar-refractivity contribution < 1.29 is 9.59 Å². The van der Waals surface area contributed by atoms with Crippen LogP contribution in [0.5, 0.6) is 0 Å². The molecule has 2 aliphatic heterocycles. The molecular weight excluding hydrogens is 725 g/mol. The van der Waals surface area contributed by atoms with Gasteiger partial charge in [-0.2, -0.15) is 23.5 Å². The van der Waals surface area contributed by atoms with Gasteiger partial charge in [-0.15, -0.1) is 0 Å². The third-order valence-electron chi connectivity index (χ3n) is 15.4. The number of hydrogen-bond acceptors (Lipinski definition) is 6. The minimum absolute atomic E-state index is 0.171. The van der Waals surface area contributed by atoms with E-state index in [0.29, 0.717) is 45.2 Å². The summed E-state index contributed by atoms with van der Waals surface area (Å²) in [5.74, 6) is 0.342. The van der Waals surface area contributed by atoms with Crippen LogP contribution in [0.1, 0.15) is 146 Å². The summed E-state index contributed by atoms with van der Waals surface area (Å²) in [6.45, 7) is 9.26. The van der Waals surface area contributed by atoms with Gasteiger partial charge in [-0.05, 0) is 97.2 Å². The predicted octanol–water partition coefficient (Wildman–Crippen LogP) is 11.1. The Kier molecular flexibility index (Phi) is 8.29. The molecule has 8 atom stereocenters. The van der Waals surface area contributed by atoms with Crippen LogP contribution in [0.25, 0.3) is 0 Å². The van der Waals surface area contributed by atoms with Crippen LogP contribution in [-0.4, -0.2) is 56.7 Å². The molecule has 11 rings (SSSR count). The third-order valence-corrected chi connectivity index (χ3v) is 18.9. The zero-order valence-electron chi connectivity index (χ0n) is 33.3. The van der Waals surface area contributed by atoms with Gasteiger partial charge in [0, 0.05) is 89.6 Å². The molecule has 8 unspecified atom stereocenters. The van der Waals surface area contributed by atoms with Gasteiger partial charge >= 0.3 is 0 Å². The highest BCUT2D eigenvalue weighted by Crippen LogP contribution is 2.56. The van der Waals surface area contributed by atoms with Crippen molar-refractivity contribution in [2.24, 2.45) is 0 Å². The average Bonchev–Trinajstić information content (AvgIpc) is 3.22. The second-order valence-corrected chi connectivity index (χ2v) is 22.0. The summed E-state index contributed by atoms with van der Waals surface area (Å²) in [6.07, 6.45) is 12.8. The van der Waals surface area contributed by atoms with Crippen LogP contribution >= 0.6 is 23.5 Å². The van der Waals surface area contributed by atoms with E-state index in [4.69, 9.17) is 0 Å². The van der Waals surface area contributed by atoms with Crippen molar-refractivity contribution in [2.75, 3.05) is 9.80 Å². The van der Waals surface area contributed by atoms with Gasteiger partial charge < -0.3 is 9.80 Å². The number of fused-ring (bicyclic) bond motifs is 8. The van der Waals surface area contributed by atoms with Gasteiger partial charge in [0.1, 0.15) is 0 Å². The molecule has 0 bridgehead atoms. The van der Waals surface area contributed by atoms with E-state index < -0.39 is 0 Å². The molecule has 5 aliphatic carbocycles. The van der Waals surface area contributed by atoms with Gasteiger partial charge in [0.25, 0.3) is 0 Å². The Morgan fingerprint density at radius 2 is 0.857 bits per heavy atom. The molecular formula is C50H54N2O2S2. The van der Waals surface area contributed by atoms with E-state index in [1.54, 1.807) is 0 Å². The first-order chi connectivity index (χ1) is 27.1. The fraction of sp³-hybridized carbons (Fsp3) is 0.480. The van der Waals surface area contributed by atoms with Gasteiger partial charge in [0.15, 0.2) is 11.6 Å². The van der Waals surface area contributed by atoms with Crippen LogP contribution in [0.15, 0.2) is 84.9 Å². The lowest BCUT2D eigenvalue weighted by Crippen LogP contribution is -2.67. The minimum atomic E-state index is -0.241. The predicted molar refractivity (Wildman–Crippen MR) is 234 cm³/mol. The quantitative estimate of drug-likeness (QED) is 0.202. The van der Waals surface area contributed by atoms with Crippen molar-refractivity contribution >= 4 is 46.5 Å². The molecule has 288 valence electrons. The molecule has 2 heterocycles. The van der Waals surface area contributed by atoms with E-state index in [1.807, 2.05) is 24.3 Å². The molecule has 3 saturated carbocycles. The molecule has 4 nitrogen and oxygen atoms in total. The standard InChI is InChI=1S/C50H54N2O2S2/c1-49(2)35-15-7-5-13-31(35)47(53)33-23-21-29(25-37(33)49)51-39-17-9-11-19-43(39)55-45-28-42-46(27-41(45)51)56-44-20-12-10-18-40(44)52(42)30-22-24-34-38(26-30)50(3,4)36-16-8-6-14-32(36)48(34)54/h5-8,13-16,21-26,39-46H,9-12,17-20,27-28H2,1-4H3. The number of carbonyl (C=O) groups is 2. The van der Waals surface area contributed by atoms with Crippen molar-refractivity contribution in [3.8, 4) is 0 Å². The van der Waals surface area contributed by atoms with Gasteiger partial charge in [0.05, 0.1) is 0 Å². The van der Waals surface area contributed by atoms with Crippen molar-refractivity contribution in [3.05, 3.63) is 129 Å². The number of hydrogen-bond donors (Lipinski definition) is 0. The Bertz CT molecular complexity index is 2120. The molecule has 2 saturated heterocycles. The normalized spacial score (nSPS) is 32.1. The van der Waals surface area contributed by atoms with E-state index in [-0.39, 0.29) is 22.4 Å². The van der Waals surface area contributed by atoms with E-state index in [2.05, 4.69) is 122 Å². The van der Waals surface area contributed by atoms with E-state index in [1.165, 1.54) is 86.7 Å². The summed E-state index contributed by atoms with van der Waals surface area (Å²) in [4.78, 5) is 33.7. The second kappa shape index (κ2) is 13.0. The molecule has 0 N–H and O–H groups in total. The van der Waals surface area contributed by atoms with E-state index >= 15 is 0 Å². The Labute approximate surface area is 341 Å².